The van der Waals surface area contributed by atoms with Crippen LogP contribution in [0.5, 0.6) is 0 Å². The maximum Gasteiger partial charge on any atom is 0.204 e. The Morgan fingerprint density at radius 2 is 1.80 bits per heavy atom. The second-order valence-electron chi connectivity index (χ2n) is 2.81. The standard InChI is InChI=1S/C9H6Cl3N3/c10-5-3-7(12)8(4-6(5)11)15-9-13-1-2-14-9/h1-4H,(H2,13,14,15). The van der Waals surface area contributed by atoms with Gasteiger partial charge in [0.15, 0.2) is 0 Å². The lowest BCUT2D eigenvalue weighted by molar-refractivity contribution is 1.29. The van der Waals surface area contributed by atoms with Gasteiger partial charge in [-0.2, -0.15) is 0 Å². The van der Waals surface area contributed by atoms with Crippen molar-refractivity contribution in [2.75, 3.05) is 5.32 Å². The molecule has 2 aromatic rings. The van der Waals surface area contributed by atoms with Gasteiger partial charge in [-0.25, -0.2) is 4.98 Å². The van der Waals surface area contributed by atoms with E-state index in [0.717, 1.165) is 0 Å². The van der Waals surface area contributed by atoms with Gasteiger partial charge in [-0.05, 0) is 12.1 Å². The molecular weight excluding hydrogens is 256 g/mol. The summed E-state index contributed by atoms with van der Waals surface area (Å²) in [5.74, 6) is 0.593. The summed E-state index contributed by atoms with van der Waals surface area (Å²) in [7, 11) is 0. The van der Waals surface area contributed by atoms with Crippen LogP contribution in [0.3, 0.4) is 0 Å². The molecule has 0 unspecified atom stereocenters. The van der Waals surface area contributed by atoms with Crippen LogP contribution in [0.2, 0.25) is 15.1 Å². The van der Waals surface area contributed by atoms with E-state index >= 15 is 0 Å². The number of imidazole rings is 1. The average molecular weight is 263 g/mol. The van der Waals surface area contributed by atoms with Crippen LogP contribution in [0.4, 0.5) is 11.6 Å². The van der Waals surface area contributed by atoms with Gasteiger partial charge in [0, 0.05) is 12.4 Å². The average Bonchev–Trinajstić information content (AvgIpc) is 2.67. The number of hydrogen-bond acceptors (Lipinski definition) is 2. The molecular formula is C9H6Cl3N3. The van der Waals surface area contributed by atoms with Crippen LogP contribution >= 0.6 is 34.8 Å². The van der Waals surface area contributed by atoms with Crippen molar-refractivity contribution in [3.8, 4) is 0 Å². The zero-order valence-electron chi connectivity index (χ0n) is 7.39. The maximum absolute atomic E-state index is 5.97. The zero-order chi connectivity index (χ0) is 10.8. The van der Waals surface area contributed by atoms with Crippen molar-refractivity contribution in [3.05, 3.63) is 39.6 Å². The van der Waals surface area contributed by atoms with E-state index in [-0.39, 0.29) is 0 Å². The molecule has 1 heterocycles. The highest BCUT2D eigenvalue weighted by Gasteiger charge is 2.06. The van der Waals surface area contributed by atoms with Crippen LogP contribution in [-0.2, 0) is 0 Å². The Kier molecular flexibility index (Phi) is 3.05. The van der Waals surface area contributed by atoms with Gasteiger partial charge in [-0.1, -0.05) is 34.8 Å². The number of hydrogen-bond donors (Lipinski definition) is 2. The number of aromatic amines is 1. The molecule has 1 aromatic heterocycles. The summed E-state index contributed by atoms with van der Waals surface area (Å²) in [5.41, 5.74) is 0.654. The molecule has 0 radical (unpaired) electrons. The number of aromatic nitrogens is 2. The zero-order valence-corrected chi connectivity index (χ0v) is 9.66. The van der Waals surface area contributed by atoms with E-state index in [1.165, 1.54) is 0 Å². The van der Waals surface area contributed by atoms with Crippen molar-refractivity contribution in [1.29, 1.82) is 0 Å². The van der Waals surface area contributed by atoms with E-state index < -0.39 is 0 Å². The third kappa shape index (κ3) is 2.37. The smallest absolute Gasteiger partial charge is 0.204 e. The summed E-state index contributed by atoms with van der Waals surface area (Å²) < 4.78 is 0. The lowest BCUT2D eigenvalue weighted by atomic mass is 10.3. The van der Waals surface area contributed by atoms with Crippen LogP contribution in [0.15, 0.2) is 24.5 Å². The number of rotatable bonds is 2. The summed E-state index contributed by atoms with van der Waals surface area (Å²) in [6.07, 6.45) is 3.33. The van der Waals surface area contributed by atoms with E-state index in [9.17, 15) is 0 Å². The number of H-pyrrole nitrogens is 1. The molecule has 0 amide bonds. The first-order valence-electron chi connectivity index (χ1n) is 4.08. The quantitative estimate of drug-likeness (QED) is 0.800. The molecule has 15 heavy (non-hydrogen) atoms. The summed E-state index contributed by atoms with van der Waals surface area (Å²) in [6, 6.07) is 3.23. The van der Waals surface area contributed by atoms with Gasteiger partial charge in [0.2, 0.25) is 5.95 Å². The second kappa shape index (κ2) is 4.31. The van der Waals surface area contributed by atoms with Gasteiger partial charge in [0.1, 0.15) is 0 Å². The largest absolute Gasteiger partial charge is 0.331 e. The van der Waals surface area contributed by atoms with Crippen LogP contribution < -0.4 is 5.32 Å². The van der Waals surface area contributed by atoms with Gasteiger partial charge in [-0.3, -0.25) is 0 Å². The summed E-state index contributed by atoms with van der Waals surface area (Å²) >= 11 is 17.6. The van der Waals surface area contributed by atoms with Crippen molar-refractivity contribution in [3.63, 3.8) is 0 Å². The van der Waals surface area contributed by atoms with Gasteiger partial charge < -0.3 is 10.3 Å². The van der Waals surface area contributed by atoms with Crippen LogP contribution in [-0.4, -0.2) is 9.97 Å². The molecule has 2 rings (SSSR count). The minimum Gasteiger partial charge on any atom is -0.331 e. The Labute approximate surface area is 101 Å². The molecule has 0 fully saturated rings. The third-order valence-electron chi connectivity index (χ3n) is 1.76. The van der Waals surface area contributed by atoms with Crippen molar-refractivity contribution in [1.82, 2.24) is 9.97 Å². The van der Waals surface area contributed by atoms with E-state index in [1.54, 1.807) is 24.5 Å². The molecule has 0 aliphatic rings. The first-order valence-corrected chi connectivity index (χ1v) is 5.21. The first kappa shape index (κ1) is 10.6. The molecule has 0 atom stereocenters. The van der Waals surface area contributed by atoms with Gasteiger partial charge >= 0.3 is 0 Å². The first-order chi connectivity index (χ1) is 7.16. The Hall–Kier alpha value is -0.900. The number of anilines is 2. The molecule has 2 N–H and O–H groups in total. The number of benzene rings is 1. The second-order valence-corrected chi connectivity index (χ2v) is 4.03. The molecule has 3 nitrogen and oxygen atoms in total. The summed E-state index contributed by atoms with van der Waals surface area (Å²) in [5, 5.41) is 4.33. The molecule has 0 saturated carbocycles. The molecule has 6 heteroatoms. The minimum absolute atomic E-state index is 0.423. The van der Waals surface area contributed by atoms with Crippen LogP contribution in [0.1, 0.15) is 0 Å². The molecule has 1 aromatic carbocycles. The topological polar surface area (TPSA) is 40.7 Å². The normalized spacial score (nSPS) is 10.3. The Morgan fingerprint density at radius 3 is 2.47 bits per heavy atom. The highest BCUT2D eigenvalue weighted by molar-refractivity contribution is 6.44. The van der Waals surface area contributed by atoms with E-state index in [2.05, 4.69) is 15.3 Å². The highest BCUT2D eigenvalue weighted by Crippen LogP contribution is 2.33. The fraction of sp³-hybridized carbons (Fsp3) is 0. The summed E-state index contributed by atoms with van der Waals surface area (Å²) in [4.78, 5) is 6.89. The number of nitrogens with zero attached hydrogens (tertiary/aromatic N) is 1. The van der Waals surface area contributed by atoms with Crippen molar-refractivity contribution in [2.45, 2.75) is 0 Å². The monoisotopic (exact) mass is 261 g/mol. The van der Waals surface area contributed by atoms with E-state index in [0.29, 0.717) is 26.7 Å². The lowest BCUT2D eigenvalue weighted by Gasteiger charge is -2.06. The predicted octanol–water partition coefficient (Wildman–Crippen LogP) is 4.11. The Morgan fingerprint density at radius 1 is 1.07 bits per heavy atom. The Balaban J connectivity index is 2.33. The number of nitrogens with one attached hydrogen (secondary N) is 2. The van der Waals surface area contributed by atoms with Crippen molar-refractivity contribution < 1.29 is 0 Å². The van der Waals surface area contributed by atoms with Crippen molar-refractivity contribution >= 4 is 46.4 Å². The molecule has 0 saturated heterocycles. The maximum atomic E-state index is 5.97. The molecule has 0 aliphatic carbocycles. The fourth-order valence-electron chi connectivity index (χ4n) is 1.08. The number of halogens is 3. The Bertz CT molecular complexity index is 468. The summed E-state index contributed by atoms with van der Waals surface area (Å²) in [6.45, 7) is 0. The van der Waals surface area contributed by atoms with Gasteiger partial charge in [0.05, 0.1) is 20.8 Å². The molecule has 0 bridgehead atoms. The predicted molar refractivity (Wildman–Crippen MR) is 63.3 cm³/mol. The van der Waals surface area contributed by atoms with Gasteiger partial charge in [-0.15, -0.1) is 0 Å². The van der Waals surface area contributed by atoms with Crippen LogP contribution in [0.25, 0.3) is 0 Å². The third-order valence-corrected chi connectivity index (χ3v) is 2.80. The lowest BCUT2D eigenvalue weighted by Crippen LogP contribution is -1.93. The SMILES string of the molecule is Clc1cc(Cl)c(Nc2ncc[nH]2)cc1Cl. The molecule has 78 valence electrons. The highest BCUT2D eigenvalue weighted by atomic mass is 35.5. The molecule has 0 aliphatic heterocycles. The van der Waals surface area contributed by atoms with E-state index in [4.69, 9.17) is 34.8 Å². The van der Waals surface area contributed by atoms with E-state index in [1.807, 2.05) is 0 Å². The van der Waals surface area contributed by atoms with Gasteiger partial charge in [0.25, 0.3) is 0 Å². The molecule has 0 spiro atoms. The minimum atomic E-state index is 0.423. The van der Waals surface area contributed by atoms with Crippen LogP contribution in [0, 0.1) is 0 Å². The fourth-order valence-corrected chi connectivity index (χ4v) is 1.67. The van der Waals surface area contributed by atoms with Crippen molar-refractivity contribution in [2.24, 2.45) is 0 Å².